The molecular formula is C18H29N3O2. The molecule has 1 N–H and O–H groups in total. The number of carbonyl (C=O) groups is 2. The first kappa shape index (κ1) is 19.2. The SMILES string of the molecule is CCN(CC)C(=O)CN(C)CC(=O)Nc1ccccc1C(C)C. The maximum atomic E-state index is 12.2. The smallest absolute Gasteiger partial charge is 0.238 e. The van der Waals surface area contributed by atoms with Gasteiger partial charge in [0.1, 0.15) is 0 Å². The summed E-state index contributed by atoms with van der Waals surface area (Å²) in [5, 5.41) is 2.95. The minimum atomic E-state index is -0.104. The normalized spacial score (nSPS) is 10.9. The number of nitrogens with zero attached hydrogens (tertiary/aromatic N) is 2. The molecule has 1 rings (SSSR count). The van der Waals surface area contributed by atoms with Crippen LogP contribution in [-0.4, -0.2) is 54.8 Å². The molecular weight excluding hydrogens is 290 g/mol. The Bertz CT molecular complexity index is 525. The first-order chi connectivity index (χ1) is 10.9. The fourth-order valence-corrected chi connectivity index (χ4v) is 2.51. The van der Waals surface area contributed by atoms with Crippen LogP contribution < -0.4 is 5.32 Å². The van der Waals surface area contributed by atoms with Crippen molar-refractivity contribution in [1.29, 1.82) is 0 Å². The van der Waals surface area contributed by atoms with E-state index in [1.54, 1.807) is 16.8 Å². The van der Waals surface area contributed by atoms with Crippen LogP contribution in [-0.2, 0) is 9.59 Å². The molecule has 128 valence electrons. The molecule has 0 radical (unpaired) electrons. The van der Waals surface area contributed by atoms with Gasteiger partial charge in [-0.15, -0.1) is 0 Å². The lowest BCUT2D eigenvalue weighted by Crippen LogP contribution is -2.41. The van der Waals surface area contributed by atoms with Crippen molar-refractivity contribution in [3.05, 3.63) is 29.8 Å². The van der Waals surface area contributed by atoms with Gasteiger partial charge in [0.15, 0.2) is 0 Å². The van der Waals surface area contributed by atoms with Gasteiger partial charge in [0.25, 0.3) is 0 Å². The van der Waals surface area contributed by atoms with Crippen LogP contribution >= 0.6 is 0 Å². The Kier molecular flexibility index (Phi) is 7.75. The Morgan fingerprint density at radius 1 is 1.09 bits per heavy atom. The van der Waals surface area contributed by atoms with E-state index in [9.17, 15) is 9.59 Å². The lowest BCUT2D eigenvalue weighted by atomic mass is 10.0. The minimum Gasteiger partial charge on any atom is -0.342 e. The fraction of sp³-hybridized carbons (Fsp3) is 0.556. The summed E-state index contributed by atoms with van der Waals surface area (Å²) in [6, 6.07) is 7.82. The van der Waals surface area contributed by atoms with Crippen molar-refractivity contribution in [3.63, 3.8) is 0 Å². The van der Waals surface area contributed by atoms with Crippen molar-refractivity contribution < 1.29 is 9.59 Å². The maximum Gasteiger partial charge on any atom is 0.238 e. The summed E-state index contributed by atoms with van der Waals surface area (Å²) in [5.41, 5.74) is 1.96. The summed E-state index contributed by atoms with van der Waals surface area (Å²) >= 11 is 0. The van der Waals surface area contributed by atoms with E-state index in [2.05, 4.69) is 19.2 Å². The monoisotopic (exact) mass is 319 g/mol. The predicted octanol–water partition coefficient (Wildman–Crippen LogP) is 2.55. The topological polar surface area (TPSA) is 52.7 Å². The number of carbonyl (C=O) groups excluding carboxylic acids is 2. The third-order valence-electron chi connectivity index (χ3n) is 3.79. The van der Waals surface area contributed by atoms with Gasteiger partial charge in [-0.3, -0.25) is 14.5 Å². The number of nitrogens with one attached hydrogen (secondary N) is 1. The molecule has 0 heterocycles. The van der Waals surface area contributed by atoms with Gasteiger partial charge in [-0.05, 0) is 38.4 Å². The largest absolute Gasteiger partial charge is 0.342 e. The number of hydrogen-bond acceptors (Lipinski definition) is 3. The molecule has 0 aliphatic carbocycles. The first-order valence-electron chi connectivity index (χ1n) is 8.24. The van der Waals surface area contributed by atoms with Gasteiger partial charge in [0.05, 0.1) is 13.1 Å². The third kappa shape index (κ3) is 6.02. The fourth-order valence-electron chi connectivity index (χ4n) is 2.51. The van der Waals surface area contributed by atoms with Crippen molar-refractivity contribution in [2.24, 2.45) is 0 Å². The van der Waals surface area contributed by atoms with E-state index in [0.29, 0.717) is 19.0 Å². The Morgan fingerprint density at radius 3 is 2.26 bits per heavy atom. The van der Waals surface area contributed by atoms with E-state index >= 15 is 0 Å². The molecule has 1 aromatic carbocycles. The standard InChI is InChI=1S/C18H29N3O2/c1-6-21(7-2)18(23)13-20(5)12-17(22)19-16-11-9-8-10-15(16)14(3)4/h8-11,14H,6-7,12-13H2,1-5H3,(H,19,22). The van der Waals surface area contributed by atoms with Crippen molar-refractivity contribution in [1.82, 2.24) is 9.80 Å². The van der Waals surface area contributed by atoms with Gasteiger partial charge in [-0.2, -0.15) is 0 Å². The van der Waals surface area contributed by atoms with E-state index in [-0.39, 0.29) is 24.9 Å². The van der Waals surface area contributed by atoms with Crippen LogP contribution in [0.1, 0.15) is 39.2 Å². The third-order valence-corrected chi connectivity index (χ3v) is 3.79. The van der Waals surface area contributed by atoms with Gasteiger partial charge in [-0.25, -0.2) is 0 Å². The summed E-state index contributed by atoms with van der Waals surface area (Å²) in [6.07, 6.45) is 0. The van der Waals surface area contributed by atoms with Gasteiger partial charge in [0, 0.05) is 18.8 Å². The van der Waals surface area contributed by atoms with Gasteiger partial charge < -0.3 is 10.2 Å². The summed E-state index contributed by atoms with van der Waals surface area (Å²) in [5.74, 6) is 0.286. The molecule has 0 saturated carbocycles. The summed E-state index contributed by atoms with van der Waals surface area (Å²) in [7, 11) is 1.79. The van der Waals surface area contributed by atoms with Crippen molar-refractivity contribution in [2.75, 3.05) is 38.5 Å². The molecule has 0 bridgehead atoms. The van der Waals surface area contributed by atoms with Crippen LogP contribution in [0.25, 0.3) is 0 Å². The Balaban J connectivity index is 2.58. The Hall–Kier alpha value is -1.88. The highest BCUT2D eigenvalue weighted by Crippen LogP contribution is 2.23. The van der Waals surface area contributed by atoms with Crippen molar-refractivity contribution >= 4 is 17.5 Å². The summed E-state index contributed by atoms with van der Waals surface area (Å²) in [6.45, 7) is 9.93. The molecule has 0 saturated heterocycles. The molecule has 0 spiro atoms. The van der Waals surface area contributed by atoms with E-state index < -0.39 is 0 Å². The van der Waals surface area contributed by atoms with Gasteiger partial charge in [0.2, 0.25) is 11.8 Å². The minimum absolute atomic E-state index is 0.0490. The zero-order chi connectivity index (χ0) is 17.4. The molecule has 2 amide bonds. The van der Waals surface area contributed by atoms with Crippen LogP contribution in [0.5, 0.6) is 0 Å². The number of rotatable bonds is 8. The van der Waals surface area contributed by atoms with Crippen LogP contribution in [0, 0.1) is 0 Å². The number of benzene rings is 1. The first-order valence-corrected chi connectivity index (χ1v) is 8.24. The molecule has 0 aliphatic heterocycles. The quantitative estimate of drug-likeness (QED) is 0.801. The van der Waals surface area contributed by atoms with Crippen LogP contribution in [0.15, 0.2) is 24.3 Å². The molecule has 1 aromatic rings. The maximum absolute atomic E-state index is 12.2. The molecule has 5 heteroatoms. The van der Waals surface area contributed by atoms with Crippen LogP contribution in [0.3, 0.4) is 0 Å². The number of amides is 2. The van der Waals surface area contributed by atoms with E-state index in [1.807, 2.05) is 38.1 Å². The molecule has 0 aliphatic rings. The van der Waals surface area contributed by atoms with Gasteiger partial charge in [-0.1, -0.05) is 32.0 Å². The lowest BCUT2D eigenvalue weighted by molar-refractivity contribution is -0.132. The second-order valence-corrected chi connectivity index (χ2v) is 6.03. The lowest BCUT2D eigenvalue weighted by Gasteiger charge is -2.23. The number of para-hydroxylation sites is 1. The average molecular weight is 319 g/mol. The molecule has 0 aromatic heterocycles. The molecule has 0 fully saturated rings. The van der Waals surface area contributed by atoms with E-state index in [4.69, 9.17) is 0 Å². The average Bonchev–Trinajstić information content (AvgIpc) is 2.48. The molecule has 0 unspecified atom stereocenters. The Labute approximate surface area is 139 Å². The zero-order valence-corrected chi connectivity index (χ0v) is 14.9. The highest BCUT2D eigenvalue weighted by atomic mass is 16.2. The van der Waals surface area contributed by atoms with E-state index in [0.717, 1.165) is 11.3 Å². The second kappa shape index (κ2) is 9.30. The van der Waals surface area contributed by atoms with Crippen molar-refractivity contribution in [3.8, 4) is 0 Å². The molecule has 23 heavy (non-hydrogen) atoms. The highest BCUT2D eigenvalue weighted by molar-refractivity contribution is 5.93. The van der Waals surface area contributed by atoms with Crippen molar-refractivity contribution in [2.45, 2.75) is 33.6 Å². The van der Waals surface area contributed by atoms with E-state index in [1.165, 1.54) is 0 Å². The zero-order valence-electron chi connectivity index (χ0n) is 14.9. The van der Waals surface area contributed by atoms with Gasteiger partial charge >= 0.3 is 0 Å². The number of hydrogen-bond donors (Lipinski definition) is 1. The van der Waals surface area contributed by atoms with Crippen LogP contribution in [0.2, 0.25) is 0 Å². The molecule has 5 nitrogen and oxygen atoms in total. The predicted molar refractivity (Wildman–Crippen MR) is 94.6 cm³/mol. The summed E-state index contributed by atoms with van der Waals surface area (Å²) in [4.78, 5) is 27.8. The number of likely N-dealkylation sites (N-methyl/N-ethyl adjacent to an activating group) is 2. The number of anilines is 1. The van der Waals surface area contributed by atoms with Crippen LogP contribution in [0.4, 0.5) is 5.69 Å². The Morgan fingerprint density at radius 2 is 1.70 bits per heavy atom. The summed E-state index contributed by atoms with van der Waals surface area (Å²) < 4.78 is 0. The molecule has 0 atom stereocenters. The highest BCUT2D eigenvalue weighted by Gasteiger charge is 2.15. The second-order valence-electron chi connectivity index (χ2n) is 6.03.